The van der Waals surface area contributed by atoms with Crippen LogP contribution in [0.1, 0.15) is 49.3 Å². The molecule has 7 heteroatoms. The summed E-state index contributed by atoms with van der Waals surface area (Å²) >= 11 is 0. The van der Waals surface area contributed by atoms with E-state index in [0.29, 0.717) is 11.8 Å². The molecule has 3 N–H and O–H groups in total. The van der Waals surface area contributed by atoms with Crippen LogP contribution < -0.4 is 15.8 Å². The average molecular weight is 387 g/mol. The van der Waals surface area contributed by atoms with Crippen LogP contribution in [0.4, 0.5) is 8.78 Å². The third-order valence-electron chi connectivity index (χ3n) is 6.25. The Balaban J connectivity index is 0.00000196. The van der Waals surface area contributed by atoms with E-state index in [1.807, 2.05) is 0 Å². The van der Waals surface area contributed by atoms with Crippen molar-refractivity contribution < 1.29 is 18.3 Å². The predicted molar refractivity (Wildman–Crippen MR) is 96.4 cm³/mol. The maximum absolute atomic E-state index is 12.8. The zero-order valence-corrected chi connectivity index (χ0v) is 15.3. The van der Waals surface area contributed by atoms with Gasteiger partial charge in [-0.3, -0.25) is 4.79 Å². The first-order chi connectivity index (χ1) is 12.0. The number of benzene rings is 1. The lowest BCUT2D eigenvalue weighted by molar-refractivity contribution is -0.127. The Labute approximate surface area is 158 Å². The van der Waals surface area contributed by atoms with Gasteiger partial charge in [0.2, 0.25) is 5.91 Å². The normalized spacial score (nSPS) is 32.1. The second-order valence-electron chi connectivity index (χ2n) is 7.63. The molecule has 5 atom stereocenters. The van der Waals surface area contributed by atoms with Crippen LogP contribution in [-0.4, -0.2) is 18.6 Å². The van der Waals surface area contributed by atoms with Gasteiger partial charge in [0.15, 0.2) is 0 Å². The van der Waals surface area contributed by atoms with Crippen LogP contribution in [0, 0.1) is 17.8 Å². The number of hydrogen-bond donors (Lipinski definition) is 2. The van der Waals surface area contributed by atoms with Gasteiger partial charge < -0.3 is 15.8 Å². The van der Waals surface area contributed by atoms with Gasteiger partial charge in [0.1, 0.15) is 5.75 Å². The van der Waals surface area contributed by atoms with Crippen molar-refractivity contribution in [3.8, 4) is 5.75 Å². The van der Waals surface area contributed by atoms with E-state index in [1.54, 1.807) is 18.2 Å². The SMILES string of the molecule is Cl.NC1C2CCC(C2)C1C(=O)NC1CCCc2cc(OC(F)F)ccc21. The Kier molecular flexibility index (Phi) is 5.72. The Morgan fingerprint density at radius 3 is 2.69 bits per heavy atom. The summed E-state index contributed by atoms with van der Waals surface area (Å²) in [5, 5.41) is 3.18. The van der Waals surface area contributed by atoms with Crippen LogP contribution in [0.15, 0.2) is 18.2 Å². The number of aryl methyl sites for hydroxylation is 1. The van der Waals surface area contributed by atoms with Crippen molar-refractivity contribution in [3.05, 3.63) is 29.3 Å². The molecule has 0 aromatic heterocycles. The zero-order valence-electron chi connectivity index (χ0n) is 14.5. The van der Waals surface area contributed by atoms with Crippen LogP contribution in [0.5, 0.6) is 5.75 Å². The Hall–Kier alpha value is -1.40. The fraction of sp³-hybridized carbons (Fsp3) is 0.632. The zero-order chi connectivity index (χ0) is 17.6. The molecule has 144 valence electrons. The highest BCUT2D eigenvalue weighted by molar-refractivity contribution is 5.85. The second kappa shape index (κ2) is 7.69. The van der Waals surface area contributed by atoms with E-state index in [2.05, 4.69) is 10.1 Å². The van der Waals surface area contributed by atoms with Gasteiger partial charge >= 0.3 is 6.61 Å². The van der Waals surface area contributed by atoms with E-state index in [-0.39, 0.29) is 42.1 Å². The van der Waals surface area contributed by atoms with Crippen molar-refractivity contribution >= 4 is 18.3 Å². The van der Waals surface area contributed by atoms with Crippen LogP contribution in [0.25, 0.3) is 0 Å². The molecule has 3 aliphatic rings. The topological polar surface area (TPSA) is 64.4 Å². The number of alkyl halides is 2. The molecule has 4 rings (SSSR count). The summed E-state index contributed by atoms with van der Waals surface area (Å²) in [6, 6.07) is 4.94. The summed E-state index contributed by atoms with van der Waals surface area (Å²) in [6.45, 7) is -2.82. The van der Waals surface area contributed by atoms with E-state index in [0.717, 1.165) is 49.7 Å². The van der Waals surface area contributed by atoms with Crippen LogP contribution in [0.3, 0.4) is 0 Å². The lowest BCUT2D eigenvalue weighted by atomic mass is 9.83. The van der Waals surface area contributed by atoms with Gasteiger partial charge in [0.05, 0.1) is 12.0 Å². The van der Waals surface area contributed by atoms with Gasteiger partial charge in [-0.15, -0.1) is 12.4 Å². The van der Waals surface area contributed by atoms with Crippen molar-refractivity contribution in [1.29, 1.82) is 0 Å². The lowest BCUT2D eigenvalue weighted by Gasteiger charge is -2.31. The van der Waals surface area contributed by atoms with Gasteiger partial charge in [-0.2, -0.15) is 8.78 Å². The third kappa shape index (κ3) is 3.54. The molecule has 3 aliphatic carbocycles. The molecule has 0 heterocycles. The fourth-order valence-electron chi connectivity index (χ4n) is 5.11. The number of halogens is 3. The number of fused-ring (bicyclic) bond motifs is 3. The molecule has 2 fully saturated rings. The number of carbonyl (C=O) groups excluding carboxylic acids is 1. The van der Waals surface area contributed by atoms with Gasteiger partial charge in [-0.25, -0.2) is 0 Å². The minimum absolute atomic E-state index is 0. The highest BCUT2D eigenvalue weighted by Gasteiger charge is 2.49. The van der Waals surface area contributed by atoms with E-state index < -0.39 is 6.61 Å². The summed E-state index contributed by atoms with van der Waals surface area (Å²) in [5.74, 6) is 1.07. The Bertz CT molecular complexity index is 671. The molecular formula is C19H25ClF2N2O2. The first-order valence-electron chi connectivity index (χ1n) is 9.16. The molecule has 1 aromatic carbocycles. The van der Waals surface area contributed by atoms with Crippen molar-refractivity contribution in [2.75, 3.05) is 0 Å². The van der Waals surface area contributed by atoms with E-state index in [1.165, 1.54) is 0 Å². The highest BCUT2D eigenvalue weighted by atomic mass is 35.5. The maximum Gasteiger partial charge on any atom is 0.387 e. The van der Waals surface area contributed by atoms with Gasteiger partial charge in [0, 0.05) is 6.04 Å². The van der Waals surface area contributed by atoms with Crippen LogP contribution in [0.2, 0.25) is 0 Å². The molecule has 0 spiro atoms. The number of hydrogen-bond acceptors (Lipinski definition) is 3. The Morgan fingerprint density at radius 1 is 1.23 bits per heavy atom. The number of nitrogens with two attached hydrogens (primary N) is 1. The molecule has 5 unspecified atom stereocenters. The maximum atomic E-state index is 12.8. The van der Waals surface area contributed by atoms with E-state index in [9.17, 15) is 13.6 Å². The molecule has 1 amide bonds. The van der Waals surface area contributed by atoms with Gasteiger partial charge in [-0.1, -0.05) is 6.07 Å². The molecule has 26 heavy (non-hydrogen) atoms. The summed E-state index contributed by atoms with van der Waals surface area (Å²) in [5.41, 5.74) is 8.27. The van der Waals surface area contributed by atoms with Gasteiger partial charge in [-0.05, 0) is 73.6 Å². The van der Waals surface area contributed by atoms with Crippen molar-refractivity contribution in [3.63, 3.8) is 0 Å². The minimum Gasteiger partial charge on any atom is -0.435 e. The molecule has 0 saturated heterocycles. The van der Waals surface area contributed by atoms with E-state index >= 15 is 0 Å². The fourth-order valence-corrected chi connectivity index (χ4v) is 5.11. The number of rotatable bonds is 4. The number of carbonyl (C=O) groups is 1. The monoisotopic (exact) mass is 386 g/mol. The minimum atomic E-state index is -2.82. The highest BCUT2D eigenvalue weighted by Crippen LogP contribution is 2.48. The molecule has 2 bridgehead atoms. The predicted octanol–water partition coefficient (Wildman–Crippen LogP) is 3.58. The number of ether oxygens (including phenoxy) is 1. The molecule has 0 radical (unpaired) electrons. The van der Waals surface area contributed by atoms with Crippen molar-refractivity contribution in [2.45, 2.75) is 57.2 Å². The molecule has 0 aliphatic heterocycles. The largest absolute Gasteiger partial charge is 0.435 e. The lowest BCUT2D eigenvalue weighted by Crippen LogP contribution is -2.46. The molecule has 2 saturated carbocycles. The third-order valence-corrected chi connectivity index (χ3v) is 6.25. The molecular weight excluding hydrogens is 362 g/mol. The first-order valence-corrected chi connectivity index (χ1v) is 9.16. The molecule has 4 nitrogen and oxygen atoms in total. The number of nitrogens with one attached hydrogen (secondary N) is 1. The van der Waals surface area contributed by atoms with Gasteiger partial charge in [0.25, 0.3) is 0 Å². The number of amides is 1. The smallest absolute Gasteiger partial charge is 0.387 e. The summed E-state index contributed by atoms with van der Waals surface area (Å²) in [6.07, 6.45) is 5.92. The standard InChI is InChI=1S/C19H24F2N2O2.ClH/c20-19(21)25-13-6-7-14-10(9-13)2-1-3-15(14)23-18(24)16-11-4-5-12(8-11)17(16)22;/h6-7,9,11-12,15-17,19H,1-5,8,22H2,(H,23,24);1H. The Morgan fingerprint density at radius 2 is 2.00 bits per heavy atom. The second-order valence-corrected chi connectivity index (χ2v) is 7.63. The summed E-state index contributed by atoms with van der Waals surface area (Å²) in [4.78, 5) is 12.8. The summed E-state index contributed by atoms with van der Waals surface area (Å²) < 4.78 is 29.3. The van der Waals surface area contributed by atoms with Crippen molar-refractivity contribution in [1.82, 2.24) is 5.32 Å². The van der Waals surface area contributed by atoms with Crippen LogP contribution >= 0.6 is 12.4 Å². The average Bonchev–Trinajstić information content (AvgIpc) is 3.15. The summed E-state index contributed by atoms with van der Waals surface area (Å²) in [7, 11) is 0. The van der Waals surface area contributed by atoms with E-state index in [4.69, 9.17) is 5.73 Å². The quantitative estimate of drug-likeness (QED) is 0.831. The molecule has 1 aromatic rings. The van der Waals surface area contributed by atoms with Crippen molar-refractivity contribution in [2.24, 2.45) is 23.5 Å². The first kappa shape index (κ1) is 19.4. The van der Waals surface area contributed by atoms with Crippen LogP contribution in [-0.2, 0) is 11.2 Å².